The van der Waals surface area contributed by atoms with Crippen LogP contribution >= 0.6 is 15.9 Å². The fourth-order valence-electron chi connectivity index (χ4n) is 1.21. The first kappa shape index (κ1) is 13.2. The van der Waals surface area contributed by atoms with E-state index in [0.29, 0.717) is 12.3 Å². The number of nitrogens with one attached hydrogen (secondary N) is 1. The van der Waals surface area contributed by atoms with E-state index in [1.807, 2.05) is 38.1 Å². The van der Waals surface area contributed by atoms with Gasteiger partial charge < -0.3 is 11.1 Å². The van der Waals surface area contributed by atoms with Crippen LogP contribution in [-0.4, -0.2) is 11.9 Å². The topological polar surface area (TPSA) is 55.1 Å². The van der Waals surface area contributed by atoms with E-state index in [-0.39, 0.29) is 11.9 Å². The predicted molar refractivity (Wildman–Crippen MR) is 70.2 cm³/mol. The van der Waals surface area contributed by atoms with Gasteiger partial charge in [0.1, 0.15) is 0 Å². The standard InChI is InChI=1S/C12H17BrN2O/c1-8(2)10(14)7-12(16)15-11-6-4-3-5-9(11)13/h3-6,8,10H,7,14H2,1-2H3,(H,15,16). The third-order valence-corrected chi connectivity index (χ3v) is 3.12. The van der Waals surface area contributed by atoms with E-state index in [2.05, 4.69) is 21.2 Å². The highest BCUT2D eigenvalue weighted by molar-refractivity contribution is 9.10. The molecule has 3 nitrogen and oxygen atoms in total. The summed E-state index contributed by atoms with van der Waals surface area (Å²) in [5.74, 6) is 0.262. The van der Waals surface area contributed by atoms with Crippen molar-refractivity contribution in [2.75, 3.05) is 5.32 Å². The maximum Gasteiger partial charge on any atom is 0.225 e. The molecule has 1 aromatic carbocycles. The summed E-state index contributed by atoms with van der Waals surface area (Å²) in [5, 5.41) is 2.83. The number of hydrogen-bond acceptors (Lipinski definition) is 2. The first-order valence-electron chi connectivity index (χ1n) is 5.30. The van der Waals surface area contributed by atoms with Crippen LogP contribution in [0.5, 0.6) is 0 Å². The molecule has 0 saturated carbocycles. The molecule has 0 fully saturated rings. The zero-order chi connectivity index (χ0) is 12.1. The van der Waals surface area contributed by atoms with Gasteiger partial charge in [0.25, 0.3) is 0 Å². The lowest BCUT2D eigenvalue weighted by Gasteiger charge is -2.15. The average molecular weight is 285 g/mol. The van der Waals surface area contributed by atoms with Crippen molar-refractivity contribution in [3.8, 4) is 0 Å². The number of amides is 1. The van der Waals surface area contributed by atoms with Crippen molar-refractivity contribution in [2.45, 2.75) is 26.3 Å². The number of nitrogens with two attached hydrogens (primary N) is 1. The Morgan fingerprint density at radius 3 is 2.62 bits per heavy atom. The average Bonchev–Trinajstić information content (AvgIpc) is 2.21. The fourth-order valence-corrected chi connectivity index (χ4v) is 1.60. The van der Waals surface area contributed by atoms with Crippen molar-refractivity contribution in [3.05, 3.63) is 28.7 Å². The second-order valence-corrected chi connectivity index (χ2v) is 4.99. The Labute approximate surface area is 105 Å². The molecule has 3 N–H and O–H groups in total. The molecule has 0 aliphatic carbocycles. The van der Waals surface area contributed by atoms with Gasteiger partial charge in [0.2, 0.25) is 5.91 Å². The summed E-state index contributed by atoms with van der Waals surface area (Å²) >= 11 is 3.37. The second-order valence-electron chi connectivity index (χ2n) is 4.14. The zero-order valence-corrected chi connectivity index (χ0v) is 11.1. The van der Waals surface area contributed by atoms with Crippen LogP contribution in [-0.2, 0) is 4.79 Å². The normalized spacial score (nSPS) is 12.6. The number of hydrogen-bond donors (Lipinski definition) is 2. The summed E-state index contributed by atoms with van der Waals surface area (Å²) in [6.07, 6.45) is 0.346. The third-order valence-electron chi connectivity index (χ3n) is 2.43. The maximum atomic E-state index is 11.7. The molecular formula is C12H17BrN2O. The molecule has 1 aromatic rings. The summed E-state index contributed by atoms with van der Waals surface area (Å²) in [5.41, 5.74) is 6.62. The molecular weight excluding hydrogens is 268 g/mol. The van der Waals surface area contributed by atoms with Gasteiger partial charge in [0, 0.05) is 16.9 Å². The molecule has 16 heavy (non-hydrogen) atoms. The zero-order valence-electron chi connectivity index (χ0n) is 9.53. The highest BCUT2D eigenvalue weighted by atomic mass is 79.9. The monoisotopic (exact) mass is 284 g/mol. The minimum Gasteiger partial charge on any atom is -0.327 e. The summed E-state index contributed by atoms with van der Waals surface area (Å²) in [6, 6.07) is 7.42. The maximum absolute atomic E-state index is 11.7. The summed E-state index contributed by atoms with van der Waals surface area (Å²) < 4.78 is 0.876. The van der Waals surface area contributed by atoms with Crippen molar-refractivity contribution in [3.63, 3.8) is 0 Å². The molecule has 0 aliphatic heterocycles. The van der Waals surface area contributed by atoms with Gasteiger partial charge in [-0.15, -0.1) is 0 Å². The molecule has 1 amide bonds. The summed E-state index contributed by atoms with van der Waals surface area (Å²) in [7, 11) is 0. The molecule has 0 radical (unpaired) electrons. The SMILES string of the molecule is CC(C)C(N)CC(=O)Nc1ccccc1Br. The lowest BCUT2D eigenvalue weighted by Crippen LogP contribution is -2.31. The van der Waals surface area contributed by atoms with Crippen LogP contribution in [0.3, 0.4) is 0 Å². The Hall–Kier alpha value is -0.870. The number of anilines is 1. The lowest BCUT2D eigenvalue weighted by atomic mass is 10.0. The molecule has 1 unspecified atom stereocenters. The van der Waals surface area contributed by atoms with Crippen LogP contribution in [0.15, 0.2) is 28.7 Å². The van der Waals surface area contributed by atoms with Gasteiger partial charge in [-0.3, -0.25) is 4.79 Å². The van der Waals surface area contributed by atoms with Gasteiger partial charge in [-0.05, 0) is 34.0 Å². The lowest BCUT2D eigenvalue weighted by molar-refractivity contribution is -0.116. The van der Waals surface area contributed by atoms with Crippen molar-refractivity contribution in [2.24, 2.45) is 11.7 Å². The first-order chi connectivity index (χ1) is 7.50. The number of carbonyl (C=O) groups excluding carboxylic acids is 1. The molecule has 0 saturated heterocycles. The van der Waals surface area contributed by atoms with E-state index in [4.69, 9.17) is 5.73 Å². The van der Waals surface area contributed by atoms with Crippen LogP contribution in [0.2, 0.25) is 0 Å². The number of rotatable bonds is 4. The third kappa shape index (κ3) is 3.94. The van der Waals surface area contributed by atoms with E-state index < -0.39 is 0 Å². The molecule has 4 heteroatoms. The number of para-hydroxylation sites is 1. The molecule has 1 atom stereocenters. The van der Waals surface area contributed by atoms with E-state index in [1.165, 1.54) is 0 Å². The van der Waals surface area contributed by atoms with Crippen molar-refractivity contribution < 1.29 is 4.79 Å². The van der Waals surface area contributed by atoms with Gasteiger partial charge in [0.15, 0.2) is 0 Å². The number of carbonyl (C=O) groups is 1. The van der Waals surface area contributed by atoms with E-state index >= 15 is 0 Å². The molecule has 88 valence electrons. The van der Waals surface area contributed by atoms with Gasteiger partial charge in [0.05, 0.1) is 5.69 Å². The van der Waals surface area contributed by atoms with Crippen molar-refractivity contribution in [1.82, 2.24) is 0 Å². The Bertz CT molecular complexity index is 366. The van der Waals surface area contributed by atoms with Gasteiger partial charge in [-0.1, -0.05) is 26.0 Å². The summed E-state index contributed by atoms with van der Waals surface area (Å²) in [6.45, 7) is 4.02. The first-order valence-corrected chi connectivity index (χ1v) is 6.10. The Balaban J connectivity index is 2.55. The molecule has 0 aromatic heterocycles. The minimum atomic E-state index is -0.0949. The highest BCUT2D eigenvalue weighted by Gasteiger charge is 2.13. The Morgan fingerprint density at radius 2 is 2.06 bits per heavy atom. The molecule has 0 aliphatic rings. The van der Waals surface area contributed by atoms with Crippen LogP contribution in [0.4, 0.5) is 5.69 Å². The predicted octanol–water partition coefficient (Wildman–Crippen LogP) is 2.76. The van der Waals surface area contributed by atoms with Crippen LogP contribution in [0.25, 0.3) is 0 Å². The number of halogens is 1. The molecule has 0 heterocycles. The van der Waals surface area contributed by atoms with Crippen LogP contribution in [0.1, 0.15) is 20.3 Å². The smallest absolute Gasteiger partial charge is 0.225 e. The van der Waals surface area contributed by atoms with Crippen LogP contribution < -0.4 is 11.1 Å². The van der Waals surface area contributed by atoms with Gasteiger partial charge in [-0.25, -0.2) is 0 Å². The second kappa shape index (κ2) is 6.01. The van der Waals surface area contributed by atoms with E-state index in [9.17, 15) is 4.79 Å². The van der Waals surface area contributed by atoms with Gasteiger partial charge >= 0.3 is 0 Å². The van der Waals surface area contributed by atoms with E-state index in [0.717, 1.165) is 10.2 Å². The van der Waals surface area contributed by atoms with Crippen LogP contribution in [0, 0.1) is 5.92 Å². The largest absolute Gasteiger partial charge is 0.327 e. The Kier molecular flexibility index (Phi) is 4.96. The molecule has 0 spiro atoms. The van der Waals surface area contributed by atoms with Gasteiger partial charge in [-0.2, -0.15) is 0 Å². The molecule has 1 rings (SSSR count). The Morgan fingerprint density at radius 1 is 1.44 bits per heavy atom. The van der Waals surface area contributed by atoms with E-state index in [1.54, 1.807) is 0 Å². The van der Waals surface area contributed by atoms with Crippen molar-refractivity contribution >= 4 is 27.5 Å². The van der Waals surface area contributed by atoms with Crippen molar-refractivity contribution in [1.29, 1.82) is 0 Å². The summed E-state index contributed by atoms with van der Waals surface area (Å²) in [4.78, 5) is 11.7. The molecule has 0 bridgehead atoms. The quantitative estimate of drug-likeness (QED) is 0.893. The highest BCUT2D eigenvalue weighted by Crippen LogP contribution is 2.21. The fraction of sp³-hybridized carbons (Fsp3) is 0.417. The number of benzene rings is 1. The minimum absolute atomic E-state index is 0.0481.